The first-order valence-electron chi connectivity index (χ1n) is 3.92. The summed E-state index contributed by atoms with van der Waals surface area (Å²) < 4.78 is 0. The van der Waals surface area contributed by atoms with Crippen molar-refractivity contribution in [3.63, 3.8) is 0 Å². The van der Waals surface area contributed by atoms with Crippen molar-refractivity contribution in [2.45, 2.75) is 6.92 Å². The zero-order valence-corrected chi connectivity index (χ0v) is 7.12. The smallest absolute Gasteiger partial charge is 0.0686 e. The van der Waals surface area contributed by atoms with Gasteiger partial charge in [-0.3, -0.25) is 0 Å². The van der Waals surface area contributed by atoms with Crippen LogP contribution in [0.1, 0.15) is 11.1 Å². The van der Waals surface area contributed by atoms with Crippen molar-refractivity contribution in [1.82, 2.24) is 0 Å². The number of benzene rings is 1. The normalized spacial score (nSPS) is 8.83. The molecule has 0 unspecified atom stereocenters. The van der Waals surface area contributed by atoms with Gasteiger partial charge in [-0.05, 0) is 30.2 Å². The van der Waals surface area contributed by atoms with Gasteiger partial charge in [0.2, 0.25) is 0 Å². The summed E-state index contributed by atoms with van der Waals surface area (Å²) in [5, 5.41) is 8.48. The van der Waals surface area contributed by atoms with Crippen LogP contribution in [0.25, 0.3) is 6.08 Å². The molecule has 1 nitrogen and oxygen atoms in total. The monoisotopic (exact) mass is 160 g/mol. The Morgan fingerprint density at radius 2 is 2.17 bits per heavy atom. The van der Waals surface area contributed by atoms with Gasteiger partial charge in [0.25, 0.3) is 0 Å². The first-order chi connectivity index (χ1) is 5.84. The van der Waals surface area contributed by atoms with Gasteiger partial charge in [-0.1, -0.05) is 24.3 Å². The Bertz CT molecular complexity index is 307. The average Bonchev–Trinajstić information content (AvgIpc) is 2.09. The number of rotatable bonds is 2. The lowest BCUT2D eigenvalue weighted by atomic mass is 10.1. The van der Waals surface area contributed by atoms with Gasteiger partial charge in [0.15, 0.2) is 0 Å². The molecule has 1 aromatic rings. The van der Waals surface area contributed by atoms with Gasteiger partial charge in [0, 0.05) is 0 Å². The van der Waals surface area contributed by atoms with E-state index in [-0.39, 0.29) is 6.61 Å². The van der Waals surface area contributed by atoms with E-state index < -0.39 is 0 Å². The van der Waals surface area contributed by atoms with Crippen LogP contribution in [0.15, 0.2) is 36.1 Å². The second kappa shape index (κ2) is 4.55. The third-order valence-electron chi connectivity index (χ3n) is 1.64. The van der Waals surface area contributed by atoms with E-state index in [0.29, 0.717) is 0 Å². The van der Waals surface area contributed by atoms with E-state index in [1.54, 1.807) is 6.08 Å². The van der Waals surface area contributed by atoms with Crippen molar-refractivity contribution < 1.29 is 5.11 Å². The number of aliphatic hydroxyl groups excluding tert-OH is 1. The lowest BCUT2D eigenvalue weighted by Crippen LogP contribution is -1.76. The van der Waals surface area contributed by atoms with E-state index in [2.05, 4.69) is 5.73 Å². The minimum absolute atomic E-state index is 0.0440. The Labute approximate surface area is 72.7 Å². The molecule has 0 aromatic heterocycles. The predicted octanol–water partition coefficient (Wildman–Crippen LogP) is 2.16. The van der Waals surface area contributed by atoms with E-state index in [0.717, 1.165) is 5.56 Å². The van der Waals surface area contributed by atoms with Crippen LogP contribution in [-0.2, 0) is 0 Å². The summed E-state index contributed by atoms with van der Waals surface area (Å²) >= 11 is 0. The quantitative estimate of drug-likeness (QED) is 0.657. The fourth-order valence-electron chi connectivity index (χ4n) is 0.950. The van der Waals surface area contributed by atoms with Crippen LogP contribution in [-0.4, -0.2) is 11.7 Å². The lowest BCUT2D eigenvalue weighted by Gasteiger charge is -1.95. The Hall–Kier alpha value is -1.30. The highest BCUT2D eigenvalue weighted by molar-refractivity contribution is 5.52. The molecule has 1 rings (SSSR count). The van der Waals surface area contributed by atoms with Crippen LogP contribution in [0.3, 0.4) is 0 Å². The standard InChI is InChI=1S/C11H12O/c1-10-6-2-3-7-11(10)8-4-5-9-12/h2-3,5-8,12H,9H2,1H3. The van der Waals surface area contributed by atoms with Gasteiger partial charge in [-0.2, -0.15) is 0 Å². The third-order valence-corrected chi connectivity index (χ3v) is 1.64. The number of hydrogen-bond donors (Lipinski definition) is 1. The highest BCUT2D eigenvalue weighted by Crippen LogP contribution is 2.07. The molecule has 0 bridgehead atoms. The largest absolute Gasteiger partial charge is 0.392 e. The summed E-state index contributed by atoms with van der Waals surface area (Å²) in [5.74, 6) is 0. The minimum atomic E-state index is 0.0440. The first-order valence-corrected chi connectivity index (χ1v) is 3.92. The van der Waals surface area contributed by atoms with Crippen molar-refractivity contribution in [3.8, 4) is 0 Å². The summed E-state index contributed by atoms with van der Waals surface area (Å²) in [4.78, 5) is 0. The molecule has 0 spiro atoms. The van der Waals surface area contributed by atoms with Gasteiger partial charge in [-0.25, -0.2) is 0 Å². The second-order valence-corrected chi connectivity index (χ2v) is 2.55. The van der Waals surface area contributed by atoms with Crippen molar-refractivity contribution in [3.05, 3.63) is 47.2 Å². The first kappa shape index (κ1) is 8.79. The van der Waals surface area contributed by atoms with Crippen molar-refractivity contribution in [2.24, 2.45) is 0 Å². The Morgan fingerprint density at radius 3 is 2.83 bits per heavy atom. The lowest BCUT2D eigenvalue weighted by molar-refractivity contribution is 0.343. The molecule has 0 aliphatic heterocycles. The molecular weight excluding hydrogens is 148 g/mol. The maximum atomic E-state index is 8.48. The SMILES string of the molecule is Cc1ccccc1C=C=CCO. The van der Waals surface area contributed by atoms with E-state index in [4.69, 9.17) is 5.11 Å². The molecular formula is C11H12O. The molecule has 1 heteroatoms. The minimum Gasteiger partial charge on any atom is -0.392 e. The van der Waals surface area contributed by atoms with E-state index in [9.17, 15) is 0 Å². The zero-order valence-electron chi connectivity index (χ0n) is 7.12. The molecule has 1 N–H and O–H groups in total. The number of aliphatic hydroxyl groups is 1. The molecule has 0 fully saturated rings. The van der Waals surface area contributed by atoms with E-state index in [1.807, 2.05) is 37.3 Å². The van der Waals surface area contributed by atoms with Gasteiger partial charge in [-0.15, -0.1) is 5.73 Å². The van der Waals surface area contributed by atoms with Crippen LogP contribution in [0.5, 0.6) is 0 Å². The summed E-state index contributed by atoms with van der Waals surface area (Å²) in [7, 11) is 0. The van der Waals surface area contributed by atoms with Crippen LogP contribution in [0.2, 0.25) is 0 Å². The van der Waals surface area contributed by atoms with E-state index in [1.165, 1.54) is 5.56 Å². The highest BCUT2D eigenvalue weighted by Gasteiger charge is 1.88. The maximum Gasteiger partial charge on any atom is 0.0686 e. The van der Waals surface area contributed by atoms with Crippen LogP contribution in [0, 0.1) is 6.92 Å². The van der Waals surface area contributed by atoms with Gasteiger partial charge in [0.05, 0.1) is 6.61 Å². The fraction of sp³-hybridized carbons (Fsp3) is 0.182. The maximum absolute atomic E-state index is 8.48. The molecule has 0 saturated heterocycles. The van der Waals surface area contributed by atoms with Gasteiger partial charge in [0.1, 0.15) is 0 Å². The zero-order chi connectivity index (χ0) is 8.81. The fourth-order valence-corrected chi connectivity index (χ4v) is 0.950. The van der Waals surface area contributed by atoms with Crippen LogP contribution < -0.4 is 0 Å². The molecule has 12 heavy (non-hydrogen) atoms. The Kier molecular flexibility index (Phi) is 3.34. The average molecular weight is 160 g/mol. The molecule has 0 heterocycles. The molecule has 0 saturated carbocycles. The van der Waals surface area contributed by atoms with Crippen molar-refractivity contribution >= 4 is 6.08 Å². The third kappa shape index (κ3) is 2.39. The highest BCUT2D eigenvalue weighted by atomic mass is 16.2. The molecule has 1 aromatic carbocycles. The van der Waals surface area contributed by atoms with Crippen molar-refractivity contribution in [1.29, 1.82) is 0 Å². The molecule has 0 aliphatic rings. The topological polar surface area (TPSA) is 20.2 Å². The van der Waals surface area contributed by atoms with Gasteiger partial charge >= 0.3 is 0 Å². The second-order valence-electron chi connectivity index (χ2n) is 2.55. The molecule has 0 aliphatic carbocycles. The number of hydrogen-bond acceptors (Lipinski definition) is 1. The predicted molar refractivity (Wildman–Crippen MR) is 50.8 cm³/mol. The summed E-state index contributed by atoms with van der Waals surface area (Å²) in [5.41, 5.74) is 5.25. The molecule has 0 atom stereocenters. The van der Waals surface area contributed by atoms with Crippen LogP contribution >= 0.6 is 0 Å². The summed E-state index contributed by atoms with van der Waals surface area (Å²) in [6, 6.07) is 8.06. The Balaban J connectivity index is 2.89. The van der Waals surface area contributed by atoms with E-state index >= 15 is 0 Å². The Morgan fingerprint density at radius 1 is 1.42 bits per heavy atom. The summed E-state index contributed by atoms with van der Waals surface area (Å²) in [6.07, 6.45) is 3.46. The molecule has 0 radical (unpaired) electrons. The van der Waals surface area contributed by atoms with Crippen LogP contribution in [0.4, 0.5) is 0 Å². The number of aryl methyl sites for hydroxylation is 1. The summed E-state index contributed by atoms with van der Waals surface area (Å²) in [6.45, 7) is 2.09. The van der Waals surface area contributed by atoms with Crippen molar-refractivity contribution in [2.75, 3.05) is 6.61 Å². The van der Waals surface area contributed by atoms with Gasteiger partial charge < -0.3 is 5.11 Å². The molecule has 62 valence electrons. The molecule has 0 amide bonds.